The Morgan fingerprint density at radius 2 is 2.12 bits per heavy atom. The molecule has 0 heterocycles. The number of hydrogen-bond donors (Lipinski definition) is 2. The van der Waals surface area contributed by atoms with E-state index in [4.69, 9.17) is 4.74 Å². The van der Waals surface area contributed by atoms with Crippen molar-refractivity contribution in [3.63, 3.8) is 0 Å². The van der Waals surface area contributed by atoms with Crippen molar-refractivity contribution in [3.8, 4) is 0 Å². The van der Waals surface area contributed by atoms with Crippen LogP contribution in [0.25, 0.3) is 0 Å². The molecule has 0 bridgehead atoms. The van der Waals surface area contributed by atoms with Gasteiger partial charge in [0.2, 0.25) is 0 Å². The zero-order valence-electron chi connectivity index (χ0n) is 9.84. The van der Waals surface area contributed by atoms with Crippen LogP contribution in [0.5, 0.6) is 0 Å². The Labute approximate surface area is 97.4 Å². The minimum absolute atomic E-state index is 0.0505. The monoisotopic (exact) mass is 226 g/mol. The van der Waals surface area contributed by atoms with Crippen LogP contribution in [0.3, 0.4) is 0 Å². The van der Waals surface area contributed by atoms with Crippen LogP contribution in [0, 0.1) is 0 Å². The standard InChI is InChI=1S/C12H22N2O2/c1-2-16-10-6-9-13-12(15)14-11-7-4-3-5-8-11/h2,11H,1,3-10H2,(H2,13,14,15). The number of rotatable bonds is 6. The van der Waals surface area contributed by atoms with E-state index in [1.54, 1.807) is 0 Å². The Kier molecular flexibility index (Phi) is 6.45. The predicted octanol–water partition coefficient (Wildman–Crippen LogP) is 2.17. The van der Waals surface area contributed by atoms with Gasteiger partial charge in [-0.1, -0.05) is 25.8 Å². The van der Waals surface area contributed by atoms with Crippen LogP contribution in [0.1, 0.15) is 38.5 Å². The second-order valence-electron chi connectivity index (χ2n) is 4.13. The van der Waals surface area contributed by atoms with E-state index in [1.807, 2.05) is 0 Å². The van der Waals surface area contributed by atoms with E-state index in [-0.39, 0.29) is 6.03 Å². The lowest BCUT2D eigenvalue weighted by Crippen LogP contribution is -2.43. The van der Waals surface area contributed by atoms with Crippen LogP contribution < -0.4 is 10.6 Å². The van der Waals surface area contributed by atoms with Crippen molar-refractivity contribution < 1.29 is 9.53 Å². The van der Waals surface area contributed by atoms with Gasteiger partial charge in [-0.3, -0.25) is 0 Å². The van der Waals surface area contributed by atoms with Crippen molar-refractivity contribution in [3.05, 3.63) is 12.8 Å². The highest BCUT2D eigenvalue weighted by molar-refractivity contribution is 5.74. The molecule has 0 saturated heterocycles. The molecule has 4 nitrogen and oxygen atoms in total. The van der Waals surface area contributed by atoms with Gasteiger partial charge in [0.25, 0.3) is 0 Å². The van der Waals surface area contributed by atoms with E-state index in [1.165, 1.54) is 25.5 Å². The molecule has 0 spiro atoms. The summed E-state index contributed by atoms with van der Waals surface area (Å²) in [5.41, 5.74) is 0. The van der Waals surface area contributed by atoms with E-state index < -0.39 is 0 Å². The summed E-state index contributed by atoms with van der Waals surface area (Å²) >= 11 is 0. The maximum Gasteiger partial charge on any atom is 0.315 e. The zero-order valence-corrected chi connectivity index (χ0v) is 9.84. The number of nitrogens with one attached hydrogen (secondary N) is 2. The average molecular weight is 226 g/mol. The van der Waals surface area contributed by atoms with Gasteiger partial charge in [0, 0.05) is 12.6 Å². The van der Waals surface area contributed by atoms with E-state index >= 15 is 0 Å². The van der Waals surface area contributed by atoms with Gasteiger partial charge in [-0.25, -0.2) is 4.79 Å². The van der Waals surface area contributed by atoms with Gasteiger partial charge in [0.05, 0.1) is 12.9 Å². The molecule has 0 atom stereocenters. The Morgan fingerprint density at radius 1 is 1.38 bits per heavy atom. The maximum absolute atomic E-state index is 11.5. The van der Waals surface area contributed by atoms with E-state index in [9.17, 15) is 4.79 Å². The number of hydrogen-bond acceptors (Lipinski definition) is 2. The van der Waals surface area contributed by atoms with Crippen LogP contribution >= 0.6 is 0 Å². The first kappa shape index (κ1) is 12.9. The summed E-state index contributed by atoms with van der Waals surface area (Å²) < 4.78 is 4.96. The topological polar surface area (TPSA) is 50.4 Å². The van der Waals surface area contributed by atoms with Crippen molar-refractivity contribution in [2.75, 3.05) is 13.2 Å². The van der Waals surface area contributed by atoms with Gasteiger partial charge in [-0.15, -0.1) is 0 Å². The summed E-state index contributed by atoms with van der Waals surface area (Å²) in [6.45, 7) is 4.70. The van der Waals surface area contributed by atoms with E-state index in [0.29, 0.717) is 19.2 Å². The Bertz CT molecular complexity index is 213. The molecule has 1 aliphatic rings. The molecule has 0 aromatic carbocycles. The fourth-order valence-electron chi connectivity index (χ4n) is 1.92. The summed E-state index contributed by atoms with van der Waals surface area (Å²) in [4.78, 5) is 11.5. The molecule has 0 aromatic heterocycles. The largest absolute Gasteiger partial charge is 0.502 e. The van der Waals surface area contributed by atoms with Gasteiger partial charge in [-0.2, -0.15) is 0 Å². The van der Waals surface area contributed by atoms with Crippen molar-refractivity contribution in [2.45, 2.75) is 44.6 Å². The average Bonchev–Trinajstić information content (AvgIpc) is 2.30. The van der Waals surface area contributed by atoms with Crippen LogP contribution in [0.4, 0.5) is 4.79 Å². The van der Waals surface area contributed by atoms with Gasteiger partial charge in [0.1, 0.15) is 0 Å². The minimum Gasteiger partial charge on any atom is -0.502 e. The lowest BCUT2D eigenvalue weighted by Gasteiger charge is -2.22. The fraction of sp³-hybridized carbons (Fsp3) is 0.750. The molecule has 4 heteroatoms. The fourth-order valence-corrected chi connectivity index (χ4v) is 1.92. The maximum atomic E-state index is 11.5. The number of carbonyl (C=O) groups is 1. The predicted molar refractivity (Wildman–Crippen MR) is 64.2 cm³/mol. The molecule has 2 amide bonds. The quantitative estimate of drug-likeness (QED) is 0.538. The molecular formula is C12H22N2O2. The van der Waals surface area contributed by atoms with E-state index in [2.05, 4.69) is 17.2 Å². The molecule has 1 fully saturated rings. The second-order valence-corrected chi connectivity index (χ2v) is 4.13. The number of urea groups is 1. The zero-order chi connectivity index (χ0) is 11.6. The van der Waals surface area contributed by atoms with Crippen LogP contribution in [-0.4, -0.2) is 25.2 Å². The first-order valence-electron chi connectivity index (χ1n) is 6.10. The molecule has 2 N–H and O–H groups in total. The summed E-state index contributed by atoms with van der Waals surface area (Å²) in [6.07, 6.45) is 8.24. The molecule has 16 heavy (non-hydrogen) atoms. The lowest BCUT2D eigenvalue weighted by atomic mass is 9.96. The summed E-state index contributed by atoms with van der Waals surface area (Å²) in [7, 11) is 0. The van der Waals surface area contributed by atoms with Crippen molar-refractivity contribution >= 4 is 6.03 Å². The highest BCUT2D eigenvalue weighted by atomic mass is 16.5. The van der Waals surface area contributed by atoms with Gasteiger partial charge < -0.3 is 15.4 Å². The lowest BCUT2D eigenvalue weighted by molar-refractivity contribution is 0.226. The second kappa shape index (κ2) is 8.02. The molecule has 0 aliphatic heterocycles. The Hall–Kier alpha value is -1.19. The molecule has 1 saturated carbocycles. The summed E-state index contributed by atoms with van der Waals surface area (Å²) in [5, 5.41) is 5.82. The van der Waals surface area contributed by atoms with Gasteiger partial charge in [0.15, 0.2) is 0 Å². The molecule has 0 radical (unpaired) electrons. The minimum atomic E-state index is -0.0505. The Balaban J connectivity index is 1.99. The summed E-state index contributed by atoms with van der Waals surface area (Å²) in [6, 6.07) is 0.323. The normalized spacial score (nSPS) is 16.5. The smallest absolute Gasteiger partial charge is 0.315 e. The highest BCUT2D eigenvalue weighted by Gasteiger charge is 2.14. The number of ether oxygens (including phenoxy) is 1. The van der Waals surface area contributed by atoms with Gasteiger partial charge in [-0.05, 0) is 19.3 Å². The van der Waals surface area contributed by atoms with Gasteiger partial charge >= 0.3 is 6.03 Å². The highest BCUT2D eigenvalue weighted by Crippen LogP contribution is 2.16. The Morgan fingerprint density at radius 3 is 2.81 bits per heavy atom. The third-order valence-electron chi connectivity index (χ3n) is 2.78. The molecule has 1 rings (SSSR count). The molecule has 92 valence electrons. The molecule has 0 unspecified atom stereocenters. The SMILES string of the molecule is C=COCCCNC(=O)NC1CCCCC1. The molecular weight excluding hydrogens is 204 g/mol. The van der Waals surface area contributed by atoms with Crippen LogP contribution in [0.2, 0.25) is 0 Å². The number of amides is 2. The first-order chi connectivity index (χ1) is 7.83. The van der Waals surface area contributed by atoms with Crippen molar-refractivity contribution in [1.29, 1.82) is 0 Å². The number of carbonyl (C=O) groups excluding carboxylic acids is 1. The van der Waals surface area contributed by atoms with Crippen molar-refractivity contribution in [2.24, 2.45) is 0 Å². The van der Waals surface area contributed by atoms with Crippen LogP contribution in [0.15, 0.2) is 12.8 Å². The molecule has 1 aliphatic carbocycles. The van der Waals surface area contributed by atoms with Crippen molar-refractivity contribution in [1.82, 2.24) is 10.6 Å². The third kappa shape index (κ3) is 5.63. The van der Waals surface area contributed by atoms with E-state index in [0.717, 1.165) is 19.3 Å². The molecule has 0 aromatic rings. The summed E-state index contributed by atoms with van der Waals surface area (Å²) in [5.74, 6) is 0. The third-order valence-corrected chi connectivity index (χ3v) is 2.78. The first-order valence-corrected chi connectivity index (χ1v) is 6.10. The van der Waals surface area contributed by atoms with Crippen LogP contribution in [-0.2, 0) is 4.74 Å².